The van der Waals surface area contributed by atoms with Crippen LogP contribution in [0.5, 0.6) is 0 Å². The van der Waals surface area contributed by atoms with E-state index in [1.807, 2.05) is 29.9 Å². The molecule has 0 saturated carbocycles. The van der Waals surface area contributed by atoms with Gasteiger partial charge in [0.2, 0.25) is 0 Å². The van der Waals surface area contributed by atoms with Gasteiger partial charge >= 0.3 is 0 Å². The predicted octanol–water partition coefficient (Wildman–Crippen LogP) is 2.23. The lowest BCUT2D eigenvalue weighted by Gasteiger charge is -2.37. The molecule has 3 heterocycles. The molecule has 3 rings (SSSR count). The van der Waals surface area contributed by atoms with Crippen molar-refractivity contribution in [2.45, 2.75) is 38.8 Å². The normalized spacial score (nSPS) is 18.7. The van der Waals surface area contributed by atoms with Crippen LogP contribution >= 0.6 is 11.3 Å². The zero-order valence-electron chi connectivity index (χ0n) is 15.5. The molecule has 136 valence electrons. The first-order valence-electron chi connectivity index (χ1n) is 8.48. The molecule has 0 fully saturated rings. The average molecular weight is 363 g/mol. The first-order chi connectivity index (χ1) is 11.8. The summed E-state index contributed by atoms with van der Waals surface area (Å²) in [5, 5.41) is 12.0. The van der Waals surface area contributed by atoms with Gasteiger partial charge in [-0.3, -0.25) is 4.79 Å². The summed E-state index contributed by atoms with van der Waals surface area (Å²) in [6, 6.07) is 0.0891. The van der Waals surface area contributed by atoms with E-state index in [1.165, 1.54) is 4.88 Å². The van der Waals surface area contributed by atoms with Crippen molar-refractivity contribution >= 4 is 23.1 Å². The number of rotatable bonds is 5. The quantitative estimate of drug-likeness (QED) is 0.853. The van der Waals surface area contributed by atoms with Crippen molar-refractivity contribution in [3.8, 4) is 0 Å². The monoisotopic (exact) mass is 362 g/mol. The van der Waals surface area contributed by atoms with Crippen LogP contribution in [0.25, 0.3) is 0 Å². The third-order valence-corrected chi connectivity index (χ3v) is 5.41. The fourth-order valence-corrected chi connectivity index (χ4v) is 3.91. The molecule has 0 saturated heterocycles. The predicted molar refractivity (Wildman–Crippen MR) is 100 cm³/mol. The summed E-state index contributed by atoms with van der Waals surface area (Å²) in [6.45, 7) is 7.75. The molecule has 1 unspecified atom stereocenters. The maximum absolute atomic E-state index is 12.6. The van der Waals surface area contributed by atoms with Gasteiger partial charge in [-0.1, -0.05) is 0 Å². The third-order valence-electron chi connectivity index (χ3n) is 4.38. The largest absolute Gasteiger partial charge is 0.360 e. The summed E-state index contributed by atoms with van der Waals surface area (Å²) >= 11 is 1.69. The molecule has 2 aromatic rings. The second kappa shape index (κ2) is 6.76. The number of hydrogen-bond donors (Lipinski definition) is 2. The number of likely N-dealkylation sites (N-methyl/N-ethyl adjacent to an activating group) is 1. The Kier molecular flexibility index (Phi) is 4.83. The number of anilines is 1. The zero-order valence-corrected chi connectivity index (χ0v) is 16.3. The SMILES string of the molecule is Cc1cnc(C2CC(C)(C)n3ncc(C(=O)NCCN(C)C)c3N2)s1. The third kappa shape index (κ3) is 3.69. The molecular formula is C17H26N6OS. The van der Waals surface area contributed by atoms with Crippen LogP contribution in [0.2, 0.25) is 0 Å². The van der Waals surface area contributed by atoms with Gasteiger partial charge in [-0.2, -0.15) is 5.10 Å². The minimum absolute atomic E-state index is 0.0891. The number of fused-ring (bicyclic) bond motifs is 1. The van der Waals surface area contributed by atoms with Crippen molar-refractivity contribution in [3.05, 3.63) is 27.8 Å². The second-order valence-corrected chi connectivity index (χ2v) is 8.67. The Morgan fingerprint density at radius 3 is 2.88 bits per heavy atom. The van der Waals surface area contributed by atoms with Crippen molar-refractivity contribution < 1.29 is 4.79 Å². The number of amides is 1. The van der Waals surface area contributed by atoms with Gasteiger partial charge in [0.1, 0.15) is 16.4 Å². The van der Waals surface area contributed by atoms with Crippen LogP contribution in [-0.4, -0.2) is 52.8 Å². The Bertz CT molecular complexity index is 763. The Hall–Kier alpha value is -1.93. The van der Waals surface area contributed by atoms with Crippen molar-refractivity contribution in [3.63, 3.8) is 0 Å². The Balaban J connectivity index is 1.84. The van der Waals surface area contributed by atoms with E-state index >= 15 is 0 Å². The maximum Gasteiger partial charge on any atom is 0.256 e. The molecule has 0 aliphatic carbocycles. The molecule has 0 aromatic carbocycles. The molecule has 8 heteroatoms. The molecule has 7 nitrogen and oxygen atoms in total. The van der Waals surface area contributed by atoms with Crippen molar-refractivity contribution in [2.24, 2.45) is 0 Å². The Labute approximate surface area is 152 Å². The van der Waals surface area contributed by atoms with E-state index in [1.54, 1.807) is 17.5 Å². The fraction of sp³-hybridized carbons (Fsp3) is 0.588. The van der Waals surface area contributed by atoms with Gasteiger partial charge in [0.15, 0.2) is 0 Å². The van der Waals surface area contributed by atoms with Gasteiger partial charge in [0, 0.05) is 24.2 Å². The summed E-state index contributed by atoms with van der Waals surface area (Å²) in [5.41, 5.74) is 0.400. The first kappa shape index (κ1) is 17.9. The van der Waals surface area contributed by atoms with Crippen molar-refractivity contribution in [2.75, 3.05) is 32.5 Å². The minimum atomic E-state index is -0.188. The molecule has 1 aliphatic heterocycles. The Morgan fingerprint density at radius 2 is 2.24 bits per heavy atom. The van der Waals surface area contributed by atoms with E-state index in [2.05, 4.69) is 41.5 Å². The highest BCUT2D eigenvalue weighted by molar-refractivity contribution is 7.11. The van der Waals surface area contributed by atoms with Gasteiger partial charge in [-0.25, -0.2) is 9.67 Å². The first-order valence-corrected chi connectivity index (χ1v) is 9.30. The molecule has 2 N–H and O–H groups in total. The van der Waals surface area contributed by atoms with E-state index in [0.29, 0.717) is 12.1 Å². The minimum Gasteiger partial charge on any atom is -0.360 e. The smallest absolute Gasteiger partial charge is 0.256 e. The van der Waals surface area contributed by atoms with Gasteiger partial charge in [-0.15, -0.1) is 11.3 Å². The number of aromatic nitrogens is 3. The molecule has 0 spiro atoms. The number of aryl methyl sites for hydroxylation is 1. The topological polar surface area (TPSA) is 75.1 Å². The molecule has 1 aliphatic rings. The summed E-state index contributed by atoms with van der Waals surface area (Å²) < 4.78 is 1.92. The van der Waals surface area contributed by atoms with Crippen LogP contribution in [-0.2, 0) is 5.54 Å². The van der Waals surface area contributed by atoms with Crippen molar-refractivity contribution in [1.82, 2.24) is 25.0 Å². The van der Waals surface area contributed by atoms with Crippen LogP contribution in [0, 0.1) is 6.92 Å². The molecular weight excluding hydrogens is 336 g/mol. The second-order valence-electron chi connectivity index (χ2n) is 7.40. The summed E-state index contributed by atoms with van der Waals surface area (Å²) in [7, 11) is 3.97. The van der Waals surface area contributed by atoms with Crippen LogP contribution in [0.15, 0.2) is 12.4 Å². The molecule has 25 heavy (non-hydrogen) atoms. The van der Waals surface area contributed by atoms with E-state index < -0.39 is 0 Å². The van der Waals surface area contributed by atoms with Gasteiger partial charge in [0.05, 0.1) is 17.8 Å². The Morgan fingerprint density at radius 1 is 1.48 bits per heavy atom. The summed E-state index contributed by atoms with van der Waals surface area (Å²) in [6.07, 6.45) is 4.43. The number of hydrogen-bond acceptors (Lipinski definition) is 6. The number of nitrogens with one attached hydrogen (secondary N) is 2. The van der Waals surface area contributed by atoms with Crippen LogP contribution in [0.4, 0.5) is 5.82 Å². The molecule has 0 radical (unpaired) electrons. The molecule has 1 atom stereocenters. The van der Waals surface area contributed by atoms with E-state index in [4.69, 9.17) is 0 Å². The van der Waals surface area contributed by atoms with Crippen LogP contribution in [0.1, 0.15) is 46.6 Å². The maximum atomic E-state index is 12.6. The highest BCUT2D eigenvalue weighted by Crippen LogP contribution is 2.40. The lowest BCUT2D eigenvalue weighted by Crippen LogP contribution is -2.38. The van der Waals surface area contributed by atoms with Gasteiger partial charge in [-0.05, 0) is 41.3 Å². The zero-order chi connectivity index (χ0) is 18.2. The highest BCUT2D eigenvalue weighted by atomic mass is 32.1. The van der Waals surface area contributed by atoms with E-state index in [-0.39, 0.29) is 17.5 Å². The van der Waals surface area contributed by atoms with Gasteiger partial charge < -0.3 is 15.5 Å². The lowest BCUT2D eigenvalue weighted by atomic mass is 9.93. The number of nitrogens with zero attached hydrogens (tertiary/aromatic N) is 4. The molecule has 2 aromatic heterocycles. The lowest BCUT2D eigenvalue weighted by molar-refractivity contribution is 0.0951. The number of carbonyl (C=O) groups excluding carboxylic acids is 1. The number of carbonyl (C=O) groups is 1. The van der Waals surface area contributed by atoms with Crippen LogP contribution < -0.4 is 10.6 Å². The number of thiazole rings is 1. The van der Waals surface area contributed by atoms with E-state index in [0.717, 1.165) is 23.8 Å². The van der Waals surface area contributed by atoms with Gasteiger partial charge in [0.25, 0.3) is 5.91 Å². The average Bonchev–Trinajstić information content (AvgIpc) is 3.12. The fourth-order valence-electron chi connectivity index (χ4n) is 3.09. The molecule has 1 amide bonds. The summed E-state index contributed by atoms with van der Waals surface area (Å²) in [4.78, 5) is 20.3. The standard InChI is InChI=1S/C17H26N6OS/c1-11-9-19-16(25-11)13-8-17(2,3)23-14(21-13)12(10-20-23)15(24)18-6-7-22(4)5/h9-10,13,21H,6-8H2,1-5H3,(H,18,24). The summed E-state index contributed by atoms with van der Waals surface area (Å²) in [5.74, 6) is 0.679. The molecule has 0 bridgehead atoms. The highest BCUT2D eigenvalue weighted by Gasteiger charge is 2.37. The van der Waals surface area contributed by atoms with Crippen LogP contribution in [0.3, 0.4) is 0 Å². The van der Waals surface area contributed by atoms with Crippen molar-refractivity contribution in [1.29, 1.82) is 0 Å². The van der Waals surface area contributed by atoms with E-state index in [9.17, 15) is 4.79 Å².